The summed E-state index contributed by atoms with van der Waals surface area (Å²) in [5.74, 6) is -0.131. The third kappa shape index (κ3) is 7.55. The molecule has 0 aliphatic carbocycles. The van der Waals surface area contributed by atoms with Gasteiger partial charge in [-0.15, -0.1) is 24.8 Å². The lowest BCUT2D eigenvalue weighted by Crippen LogP contribution is -2.34. The third-order valence-corrected chi connectivity index (χ3v) is 2.66. The van der Waals surface area contributed by atoms with Gasteiger partial charge in [0.15, 0.2) is 0 Å². The third-order valence-electron chi connectivity index (χ3n) is 2.66. The van der Waals surface area contributed by atoms with Gasteiger partial charge >= 0.3 is 0 Å². The van der Waals surface area contributed by atoms with Crippen molar-refractivity contribution in [2.24, 2.45) is 0 Å². The number of nitrogen functional groups attached to an aromatic ring is 1. The SMILES string of the molecule is COCCN(C)CCNC(=O)c1ccccc1N.Cl.Cl. The van der Waals surface area contributed by atoms with E-state index in [0.717, 1.165) is 13.1 Å². The van der Waals surface area contributed by atoms with E-state index in [2.05, 4.69) is 10.2 Å². The van der Waals surface area contributed by atoms with Crippen LogP contribution in [-0.4, -0.2) is 51.2 Å². The first kappa shape index (κ1) is 21.3. The Morgan fingerprint density at radius 2 is 1.95 bits per heavy atom. The van der Waals surface area contributed by atoms with E-state index < -0.39 is 0 Å². The number of rotatable bonds is 7. The fourth-order valence-corrected chi connectivity index (χ4v) is 1.52. The van der Waals surface area contributed by atoms with E-state index in [0.29, 0.717) is 24.4 Å². The minimum Gasteiger partial charge on any atom is -0.398 e. The summed E-state index contributed by atoms with van der Waals surface area (Å²) in [6.07, 6.45) is 0. The predicted octanol–water partition coefficient (Wildman–Crippen LogP) is 1.42. The van der Waals surface area contributed by atoms with Crippen LogP contribution in [0.4, 0.5) is 5.69 Å². The number of hydrogen-bond acceptors (Lipinski definition) is 4. The molecular weight excluding hydrogens is 301 g/mol. The summed E-state index contributed by atoms with van der Waals surface area (Å²) in [7, 11) is 3.66. The largest absolute Gasteiger partial charge is 0.398 e. The van der Waals surface area contributed by atoms with Crippen molar-refractivity contribution in [3.63, 3.8) is 0 Å². The molecule has 1 aromatic carbocycles. The smallest absolute Gasteiger partial charge is 0.253 e. The first-order chi connectivity index (χ1) is 8.65. The zero-order chi connectivity index (χ0) is 13.4. The first-order valence-corrected chi connectivity index (χ1v) is 5.95. The van der Waals surface area contributed by atoms with E-state index in [1.165, 1.54) is 0 Å². The quantitative estimate of drug-likeness (QED) is 0.745. The summed E-state index contributed by atoms with van der Waals surface area (Å²) < 4.78 is 4.98. The minimum absolute atomic E-state index is 0. The molecule has 0 unspecified atom stereocenters. The molecule has 0 saturated carbocycles. The second kappa shape index (κ2) is 11.8. The van der Waals surface area contributed by atoms with Crippen LogP contribution in [0, 0.1) is 0 Å². The number of nitrogens with one attached hydrogen (secondary N) is 1. The Bertz CT molecular complexity index is 392. The average Bonchev–Trinajstić information content (AvgIpc) is 2.36. The van der Waals surface area contributed by atoms with Crippen molar-refractivity contribution >= 4 is 36.4 Å². The van der Waals surface area contributed by atoms with E-state index >= 15 is 0 Å². The van der Waals surface area contributed by atoms with Gasteiger partial charge < -0.3 is 20.7 Å². The van der Waals surface area contributed by atoms with E-state index in [-0.39, 0.29) is 30.7 Å². The summed E-state index contributed by atoms with van der Waals surface area (Å²) in [6, 6.07) is 7.06. The number of ether oxygens (including phenoxy) is 1. The van der Waals surface area contributed by atoms with Crippen molar-refractivity contribution in [2.45, 2.75) is 0 Å². The maximum Gasteiger partial charge on any atom is 0.253 e. The van der Waals surface area contributed by atoms with Crippen LogP contribution in [0.15, 0.2) is 24.3 Å². The Morgan fingerprint density at radius 3 is 2.55 bits per heavy atom. The molecule has 3 N–H and O–H groups in total. The van der Waals surface area contributed by atoms with E-state index in [4.69, 9.17) is 10.5 Å². The molecule has 0 atom stereocenters. The first-order valence-electron chi connectivity index (χ1n) is 5.95. The van der Waals surface area contributed by atoms with Crippen molar-refractivity contribution in [1.82, 2.24) is 10.2 Å². The van der Waals surface area contributed by atoms with Crippen molar-refractivity contribution < 1.29 is 9.53 Å². The highest BCUT2D eigenvalue weighted by Crippen LogP contribution is 2.09. The van der Waals surface area contributed by atoms with Gasteiger partial charge in [-0.1, -0.05) is 12.1 Å². The summed E-state index contributed by atoms with van der Waals surface area (Å²) >= 11 is 0. The fraction of sp³-hybridized carbons (Fsp3) is 0.462. The summed E-state index contributed by atoms with van der Waals surface area (Å²) in [4.78, 5) is 13.9. The fourth-order valence-electron chi connectivity index (χ4n) is 1.52. The molecular formula is C13H23Cl2N3O2. The molecule has 0 aliphatic rings. The number of nitrogens with two attached hydrogens (primary N) is 1. The molecule has 116 valence electrons. The normalized spacial score (nSPS) is 9.55. The van der Waals surface area contributed by atoms with Crippen LogP contribution in [0.25, 0.3) is 0 Å². The number of hydrogen-bond donors (Lipinski definition) is 2. The van der Waals surface area contributed by atoms with Crippen LogP contribution < -0.4 is 11.1 Å². The summed E-state index contributed by atoms with van der Waals surface area (Å²) in [6.45, 7) is 2.91. The lowest BCUT2D eigenvalue weighted by atomic mass is 10.1. The highest BCUT2D eigenvalue weighted by Gasteiger charge is 2.08. The topological polar surface area (TPSA) is 67.6 Å². The van der Waals surface area contributed by atoms with Gasteiger partial charge in [-0.2, -0.15) is 0 Å². The molecule has 0 aromatic heterocycles. The Labute approximate surface area is 132 Å². The zero-order valence-corrected chi connectivity index (χ0v) is 13.4. The molecule has 0 aliphatic heterocycles. The molecule has 5 nitrogen and oxygen atoms in total. The molecule has 0 radical (unpaired) electrons. The number of amides is 1. The number of carbonyl (C=O) groups excluding carboxylic acids is 1. The number of likely N-dealkylation sites (N-methyl/N-ethyl adjacent to an activating group) is 1. The van der Waals surface area contributed by atoms with Crippen molar-refractivity contribution in [2.75, 3.05) is 46.1 Å². The number of benzene rings is 1. The Morgan fingerprint density at radius 1 is 1.30 bits per heavy atom. The van der Waals surface area contributed by atoms with Gasteiger partial charge in [0.05, 0.1) is 12.2 Å². The Kier molecular flexibility index (Phi) is 12.5. The van der Waals surface area contributed by atoms with Gasteiger partial charge in [-0.05, 0) is 19.2 Å². The molecule has 0 fully saturated rings. The van der Waals surface area contributed by atoms with Gasteiger partial charge in [0.1, 0.15) is 0 Å². The molecule has 0 heterocycles. The molecule has 7 heteroatoms. The van der Waals surface area contributed by atoms with Crippen molar-refractivity contribution in [3.05, 3.63) is 29.8 Å². The highest BCUT2D eigenvalue weighted by atomic mass is 35.5. The van der Waals surface area contributed by atoms with Gasteiger partial charge in [-0.25, -0.2) is 0 Å². The summed E-state index contributed by atoms with van der Waals surface area (Å²) in [5.41, 5.74) is 6.76. The van der Waals surface area contributed by atoms with E-state index in [9.17, 15) is 4.79 Å². The van der Waals surface area contributed by atoms with E-state index in [1.54, 1.807) is 25.3 Å². The Balaban J connectivity index is 0. The molecule has 0 saturated heterocycles. The van der Waals surface area contributed by atoms with Crippen LogP contribution in [0.3, 0.4) is 0 Å². The number of methoxy groups -OCH3 is 1. The number of nitrogens with zero attached hydrogens (tertiary/aromatic N) is 1. The van der Waals surface area contributed by atoms with Gasteiger partial charge in [-0.3, -0.25) is 4.79 Å². The molecule has 1 aromatic rings. The lowest BCUT2D eigenvalue weighted by molar-refractivity contribution is 0.0948. The van der Waals surface area contributed by atoms with Crippen LogP contribution in [0.2, 0.25) is 0 Å². The zero-order valence-electron chi connectivity index (χ0n) is 11.8. The van der Waals surface area contributed by atoms with Crippen LogP contribution in [-0.2, 0) is 4.74 Å². The lowest BCUT2D eigenvalue weighted by Gasteiger charge is -2.16. The minimum atomic E-state index is -0.131. The predicted molar refractivity (Wildman–Crippen MR) is 87.1 cm³/mol. The van der Waals surface area contributed by atoms with Gasteiger partial charge in [0.25, 0.3) is 5.91 Å². The Hall–Kier alpha value is -1.01. The van der Waals surface area contributed by atoms with Crippen LogP contribution in [0.5, 0.6) is 0 Å². The molecule has 0 bridgehead atoms. The van der Waals surface area contributed by atoms with Gasteiger partial charge in [0, 0.05) is 32.4 Å². The number of anilines is 1. The standard InChI is InChI=1S/C13H21N3O2.2ClH/c1-16(9-10-18-2)8-7-15-13(17)11-5-3-4-6-12(11)14;;/h3-6H,7-10,14H2,1-2H3,(H,15,17);2*1H. The van der Waals surface area contributed by atoms with Gasteiger partial charge in [0.2, 0.25) is 0 Å². The highest BCUT2D eigenvalue weighted by molar-refractivity contribution is 5.99. The number of para-hydroxylation sites is 1. The maximum absolute atomic E-state index is 11.8. The summed E-state index contributed by atoms with van der Waals surface area (Å²) in [5, 5.41) is 2.85. The average molecular weight is 324 g/mol. The number of halogens is 2. The molecule has 20 heavy (non-hydrogen) atoms. The molecule has 1 rings (SSSR count). The number of carbonyl (C=O) groups is 1. The monoisotopic (exact) mass is 323 g/mol. The van der Waals surface area contributed by atoms with Crippen molar-refractivity contribution in [3.8, 4) is 0 Å². The second-order valence-corrected chi connectivity index (χ2v) is 4.14. The molecule has 1 amide bonds. The second-order valence-electron chi connectivity index (χ2n) is 4.14. The molecule has 0 spiro atoms. The van der Waals surface area contributed by atoms with Crippen LogP contribution in [0.1, 0.15) is 10.4 Å². The van der Waals surface area contributed by atoms with Crippen molar-refractivity contribution in [1.29, 1.82) is 0 Å². The maximum atomic E-state index is 11.8. The van der Waals surface area contributed by atoms with Crippen LogP contribution >= 0.6 is 24.8 Å². The van der Waals surface area contributed by atoms with E-state index in [1.807, 2.05) is 13.1 Å².